The lowest BCUT2D eigenvalue weighted by molar-refractivity contribution is -0.148. The van der Waals surface area contributed by atoms with Crippen molar-refractivity contribution >= 4 is 17.8 Å². The Morgan fingerprint density at radius 2 is 1.90 bits per heavy atom. The number of nitrogens with two attached hydrogens (primary N) is 1. The van der Waals surface area contributed by atoms with Crippen molar-refractivity contribution in [2.75, 3.05) is 13.2 Å². The van der Waals surface area contributed by atoms with Gasteiger partial charge in [0.1, 0.15) is 0 Å². The van der Waals surface area contributed by atoms with Crippen molar-refractivity contribution in [2.24, 2.45) is 17.6 Å². The minimum Gasteiger partial charge on any atom is -0.481 e. The molecule has 4 N–H and O–H groups in total. The van der Waals surface area contributed by atoms with E-state index in [0.29, 0.717) is 19.4 Å². The summed E-state index contributed by atoms with van der Waals surface area (Å²) in [6, 6.07) is -1.30. The van der Waals surface area contributed by atoms with Crippen LogP contribution in [0.2, 0.25) is 0 Å². The van der Waals surface area contributed by atoms with Gasteiger partial charge in [-0.15, -0.1) is 0 Å². The van der Waals surface area contributed by atoms with E-state index in [2.05, 4.69) is 10.1 Å². The molecule has 1 fully saturated rings. The summed E-state index contributed by atoms with van der Waals surface area (Å²) in [7, 11) is 0. The molecular weight excluding hydrogens is 264 g/mol. The molecule has 1 atom stereocenters. The molecule has 0 bridgehead atoms. The number of carboxylic acid groups (broad SMARTS) is 1. The zero-order valence-corrected chi connectivity index (χ0v) is 11.6. The maximum atomic E-state index is 11.6. The van der Waals surface area contributed by atoms with E-state index >= 15 is 0 Å². The standard InChI is InChI=1S/C13H22N2O5/c1-2-20-13(19)10(14)11(16)15-7-8-3-5-9(6-4-8)12(17)18/h8-10H,2-7,14H2,1H3,(H,15,16)(H,17,18). The Hall–Kier alpha value is -1.63. The lowest BCUT2D eigenvalue weighted by Crippen LogP contribution is -2.48. The Morgan fingerprint density at radius 1 is 1.30 bits per heavy atom. The molecule has 0 aliphatic heterocycles. The predicted octanol–water partition coefficient (Wildman–Crippen LogP) is -0.116. The first-order valence-electron chi connectivity index (χ1n) is 6.88. The van der Waals surface area contributed by atoms with Crippen molar-refractivity contribution in [3.05, 3.63) is 0 Å². The number of carboxylic acids is 1. The molecule has 0 spiro atoms. The van der Waals surface area contributed by atoms with Gasteiger partial charge in [-0.25, -0.2) is 4.79 Å². The van der Waals surface area contributed by atoms with Gasteiger partial charge in [-0.3, -0.25) is 9.59 Å². The third kappa shape index (κ3) is 4.80. The van der Waals surface area contributed by atoms with Crippen LogP contribution in [0.25, 0.3) is 0 Å². The molecule has 1 rings (SSSR count). The van der Waals surface area contributed by atoms with Crippen LogP contribution in [0.15, 0.2) is 0 Å². The summed E-state index contributed by atoms with van der Waals surface area (Å²) in [6.45, 7) is 2.24. The van der Waals surface area contributed by atoms with Crippen LogP contribution in [-0.4, -0.2) is 42.1 Å². The number of nitrogens with one attached hydrogen (secondary N) is 1. The molecule has 0 heterocycles. The summed E-state index contributed by atoms with van der Waals surface area (Å²) >= 11 is 0. The van der Waals surface area contributed by atoms with Crippen molar-refractivity contribution in [3.63, 3.8) is 0 Å². The van der Waals surface area contributed by atoms with Crippen molar-refractivity contribution in [2.45, 2.75) is 38.6 Å². The molecule has 0 aromatic rings. The van der Waals surface area contributed by atoms with Crippen LogP contribution in [0.5, 0.6) is 0 Å². The fraction of sp³-hybridized carbons (Fsp3) is 0.769. The molecular formula is C13H22N2O5. The van der Waals surface area contributed by atoms with Crippen LogP contribution in [-0.2, 0) is 19.1 Å². The Balaban J connectivity index is 2.28. The van der Waals surface area contributed by atoms with Crippen molar-refractivity contribution in [3.8, 4) is 0 Å². The number of aliphatic carboxylic acids is 1. The van der Waals surface area contributed by atoms with E-state index in [1.54, 1.807) is 6.92 Å². The number of rotatable bonds is 6. The molecule has 0 radical (unpaired) electrons. The van der Waals surface area contributed by atoms with E-state index in [1.807, 2.05) is 0 Å². The monoisotopic (exact) mass is 286 g/mol. The van der Waals surface area contributed by atoms with Crippen molar-refractivity contribution in [1.82, 2.24) is 5.32 Å². The van der Waals surface area contributed by atoms with Gasteiger partial charge in [0.25, 0.3) is 0 Å². The molecule has 1 unspecified atom stereocenters. The number of hydrogen-bond acceptors (Lipinski definition) is 5. The second-order valence-corrected chi connectivity index (χ2v) is 5.03. The van der Waals surface area contributed by atoms with Crippen LogP contribution in [0.1, 0.15) is 32.6 Å². The number of esters is 1. The maximum absolute atomic E-state index is 11.6. The van der Waals surface area contributed by atoms with Gasteiger partial charge in [-0.1, -0.05) is 0 Å². The highest BCUT2D eigenvalue weighted by atomic mass is 16.5. The SMILES string of the molecule is CCOC(=O)C(N)C(=O)NCC1CCC(C(=O)O)CC1. The Morgan fingerprint density at radius 3 is 2.40 bits per heavy atom. The lowest BCUT2D eigenvalue weighted by atomic mass is 9.82. The number of carbonyl (C=O) groups excluding carboxylic acids is 2. The minimum atomic E-state index is -1.30. The highest BCUT2D eigenvalue weighted by Gasteiger charge is 2.28. The summed E-state index contributed by atoms with van der Waals surface area (Å²) < 4.78 is 4.67. The largest absolute Gasteiger partial charge is 0.481 e. The first-order valence-corrected chi connectivity index (χ1v) is 6.88. The van der Waals surface area contributed by atoms with Gasteiger partial charge in [0.05, 0.1) is 12.5 Å². The van der Waals surface area contributed by atoms with Gasteiger partial charge in [0.15, 0.2) is 6.04 Å². The van der Waals surface area contributed by atoms with Crippen LogP contribution < -0.4 is 11.1 Å². The number of ether oxygens (including phenoxy) is 1. The molecule has 1 saturated carbocycles. The number of carbonyl (C=O) groups is 3. The van der Waals surface area contributed by atoms with Gasteiger partial charge < -0.3 is 20.9 Å². The molecule has 114 valence electrons. The second kappa shape index (κ2) is 7.84. The normalized spacial score (nSPS) is 23.7. The van der Waals surface area contributed by atoms with Gasteiger partial charge in [0.2, 0.25) is 5.91 Å². The molecule has 20 heavy (non-hydrogen) atoms. The van der Waals surface area contributed by atoms with E-state index in [0.717, 1.165) is 12.8 Å². The topological polar surface area (TPSA) is 119 Å². The van der Waals surface area contributed by atoms with Crippen LogP contribution in [0.3, 0.4) is 0 Å². The molecule has 1 aliphatic carbocycles. The van der Waals surface area contributed by atoms with Crippen molar-refractivity contribution < 1.29 is 24.2 Å². The molecule has 1 amide bonds. The fourth-order valence-electron chi connectivity index (χ4n) is 2.31. The van der Waals surface area contributed by atoms with Crippen molar-refractivity contribution in [1.29, 1.82) is 0 Å². The molecule has 7 heteroatoms. The van der Waals surface area contributed by atoms with E-state index in [4.69, 9.17) is 10.8 Å². The lowest BCUT2D eigenvalue weighted by Gasteiger charge is -2.26. The Labute approximate surface area is 117 Å². The zero-order chi connectivity index (χ0) is 15.1. The second-order valence-electron chi connectivity index (χ2n) is 5.03. The highest BCUT2D eigenvalue weighted by molar-refractivity contribution is 6.01. The average Bonchev–Trinajstić information content (AvgIpc) is 2.44. The highest BCUT2D eigenvalue weighted by Crippen LogP contribution is 2.28. The summed E-state index contributed by atoms with van der Waals surface area (Å²) in [5.41, 5.74) is 5.46. The first kappa shape index (κ1) is 16.4. The van der Waals surface area contributed by atoms with Gasteiger partial charge in [0, 0.05) is 6.54 Å². The summed E-state index contributed by atoms with van der Waals surface area (Å²) in [5.74, 6) is -2.08. The summed E-state index contributed by atoms with van der Waals surface area (Å²) in [4.78, 5) is 33.7. The van der Waals surface area contributed by atoms with E-state index < -0.39 is 23.9 Å². The fourth-order valence-corrected chi connectivity index (χ4v) is 2.31. The van der Waals surface area contributed by atoms with Gasteiger partial charge >= 0.3 is 11.9 Å². The van der Waals surface area contributed by atoms with Gasteiger partial charge in [-0.2, -0.15) is 0 Å². The third-order valence-electron chi connectivity index (χ3n) is 3.58. The number of amides is 1. The van der Waals surface area contributed by atoms with E-state index in [9.17, 15) is 14.4 Å². The smallest absolute Gasteiger partial charge is 0.332 e. The molecule has 0 aromatic heterocycles. The Kier molecular flexibility index (Phi) is 6.44. The number of hydrogen-bond donors (Lipinski definition) is 3. The molecule has 0 aromatic carbocycles. The predicted molar refractivity (Wildman–Crippen MR) is 70.7 cm³/mol. The summed E-state index contributed by atoms with van der Waals surface area (Å²) in [6.07, 6.45) is 2.76. The Bertz CT molecular complexity index is 364. The zero-order valence-electron chi connectivity index (χ0n) is 11.6. The average molecular weight is 286 g/mol. The van der Waals surface area contributed by atoms with E-state index in [1.165, 1.54) is 0 Å². The van der Waals surface area contributed by atoms with Crippen LogP contribution in [0, 0.1) is 11.8 Å². The van der Waals surface area contributed by atoms with Crippen LogP contribution in [0.4, 0.5) is 0 Å². The third-order valence-corrected chi connectivity index (χ3v) is 3.58. The maximum Gasteiger partial charge on any atom is 0.332 e. The minimum absolute atomic E-state index is 0.180. The quantitative estimate of drug-likeness (QED) is 0.463. The van der Waals surface area contributed by atoms with Gasteiger partial charge in [-0.05, 0) is 38.5 Å². The molecule has 0 saturated heterocycles. The van der Waals surface area contributed by atoms with E-state index in [-0.39, 0.29) is 18.4 Å². The first-order chi connectivity index (χ1) is 9.45. The van der Waals surface area contributed by atoms with Crippen LogP contribution >= 0.6 is 0 Å². The molecule has 1 aliphatic rings. The summed E-state index contributed by atoms with van der Waals surface area (Å²) in [5, 5.41) is 11.5. The molecule has 7 nitrogen and oxygen atoms in total.